The zero-order valence-electron chi connectivity index (χ0n) is 11.9. The predicted octanol–water partition coefficient (Wildman–Crippen LogP) is 3.84. The minimum atomic E-state index is -0.186. The van der Waals surface area contributed by atoms with Gasteiger partial charge in [0.2, 0.25) is 0 Å². The highest BCUT2D eigenvalue weighted by Crippen LogP contribution is 2.25. The van der Waals surface area contributed by atoms with E-state index >= 15 is 0 Å². The normalized spacial score (nSPS) is 10.3. The van der Waals surface area contributed by atoms with E-state index in [1.165, 1.54) is 0 Å². The van der Waals surface area contributed by atoms with Gasteiger partial charge in [0, 0.05) is 22.7 Å². The molecule has 3 aromatic rings. The molecule has 0 spiro atoms. The maximum atomic E-state index is 11.9. The lowest BCUT2D eigenvalue weighted by Gasteiger charge is -2.06. The van der Waals surface area contributed by atoms with Gasteiger partial charge in [-0.1, -0.05) is 30.3 Å². The Morgan fingerprint density at radius 1 is 1.18 bits per heavy atom. The van der Waals surface area contributed by atoms with Gasteiger partial charge in [-0.25, -0.2) is 0 Å². The van der Waals surface area contributed by atoms with E-state index in [1.807, 2.05) is 54.6 Å². The summed E-state index contributed by atoms with van der Waals surface area (Å²) in [6.07, 6.45) is 1.52. The van der Waals surface area contributed by atoms with Crippen molar-refractivity contribution in [1.29, 1.82) is 5.26 Å². The summed E-state index contributed by atoms with van der Waals surface area (Å²) in [5.41, 5.74) is 2.47. The summed E-state index contributed by atoms with van der Waals surface area (Å²) in [6, 6.07) is 17.3. The Kier molecular flexibility index (Phi) is 3.88. The third-order valence-electron chi connectivity index (χ3n) is 3.44. The second kappa shape index (κ2) is 6.15. The molecule has 0 radical (unpaired) electrons. The van der Waals surface area contributed by atoms with Crippen LogP contribution in [-0.4, -0.2) is 10.8 Å². The number of carbonyl (C=O) groups excluding carboxylic acids is 1. The minimum Gasteiger partial charge on any atom is -0.489 e. The molecule has 0 aliphatic rings. The molecule has 0 fully saturated rings. The van der Waals surface area contributed by atoms with Crippen molar-refractivity contribution in [3.8, 4) is 11.8 Å². The molecule has 1 heterocycles. The van der Waals surface area contributed by atoms with Gasteiger partial charge in [-0.3, -0.25) is 4.79 Å². The fourth-order valence-electron chi connectivity index (χ4n) is 2.33. The van der Waals surface area contributed by atoms with E-state index in [9.17, 15) is 4.79 Å². The lowest BCUT2D eigenvalue weighted by Crippen LogP contribution is -1.97. The number of hydrogen-bond donors (Lipinski definition) is 1. The number of ether oxygens (including phenoxy) is 1. The molecular weight excluding hydrogens is 276 g/mol. The molecule has 0 saturated heterocycles. The fourth-order valence-corrected chi connectivity index (χ4v) is 2.33. The summed E-state index contributed by atoms with van der Waals surface area (Å²) in [6.45, 7) is 0.470. The first-order valence-electron chi connectivity index (χ1n) is 6.96. The molecule has 108 valence electrons. The zero-order valence-corrected chi connectivity index (χ0v) is 11.9. The number of ketones is 1. The summed E-state index contributed by atoms with van der Waals surface area (Å²) in [5.74, 6) is 0.510. The van der Waals surface area contributed by atoms with Crippen LogP contribution in [0.1, 0.15) is 22.3 Å². The number of nitrogens with one attached hydrogen (secondary N) is 1. The topological polar surface area (TPSA) is 65.9 Å². The number of nitrogens with zero attached hydrogens (tertiary/aromatic N) is 1. The number of aromatic amines is 1. The molecule has 22 heavy (non-hydrogen) atoms. The summed E-state index contributed by atoms with van der Waals surface area (Å²) in [5, 5.41) is 9.45. The first-order chi connectivity index (χ1) is 10.8. The van der Waals surface area contributed by atoms with Crippen molar-refractivity contribution in [1.82, 2.24) is 4.98 Å². The Morgan fingerprint density at radius 3 is 2.77 bits per heavy atom. The molecule has 0 aliphatic heterocycles. The zero-order chi connectivity index (χ0) is 15.4. The van der Waals surface area contributed by atoms with E-state index < -0.39 is 0 Å². The van der Waals surface area contributed by atoms with Gasteiger partial charge in [0.1, 0.15) is 12.4 Å². The van der Waals surface area contributed by atoms with Crippen LogP contribution in [0.5, 0.6) is 5.75 Å². The van der Waals surface area contributed by atoms with E-state index in [4.69, 9.17) is 10.00 Å². The van der Waals surface area contributed by atoms with Gasteiger partial charge < -0.3 is 9.72 Å². The quantitative estimate of drug-likeness (QED) is 0.726. The van der Waals surface area contributed by atoms with Gasteiger partial charge >= 0.3 is 0 Å². The van der Waals surface area contributed by atoms with Crippen molar-refractivity contribution in [3.05, 3.63) is 65.9 Å². The second-order valence-electron chi connectivity index (χ2n) is 4.94. The Bertz CT molecular complexity index is 844. The lowest BCUT2D eigenvalue weighted by molar-refractivity contribution is 0.0999. The van der Waals surface area contributed by atoms with Crippen LogP contribution in [0.4, 0.5) is 0 Å². The molecule has 4 heteroatoms. The van der Waals surface area contributed by atoms with E-state index in [1.54, 1.807) is 6.20 Å². The number of carbonyl (C=O) groups is 1. The van der Waals surface area contributed by atoms with Crippen molar-refractivity contribution in [2.24, 2.45) is 0 Å². The van der Waals surface area contributed by atoms with Crippen LogP contribution in [-0.2, 0) is 6.61 Å². The third-order valence-corrected chi connectivity index (χ3v) is 3.44. The summed E-state index contributed by atoms with van der Waals surface area (Å²) in [7, 11) is 0. The number of fused-ring (bicyclic) bond motifs is 1. The van der Waals surface area contributed by atoms with E-state index in [0.29, 0.717) is 17.9 Å². The van der Waals surface area contributed by atoms with Crippen molar-refractivity contribution >= 4 is 16.7 Å². The molecular formula is C18H14N2O2. The fraction of sp³-hybridized carbons (Fsp3) is 0.111. The maximum absolute atomic E-state index is 11.9. The molecule has 0 bridgehead atoms. The molecule has 1 N–H and O–H groups in total. The van der Waals surface area contributed by atoms with Crippen molar-refractivity contribution in [2.75, 3.05) is 0 Å². The Hall–Kier alpha value is -3.06. The first kappa shape index (κ1) is 13.9. The van der Waals surface area contributed by atoms with Gasteiger partial charge in [-0.15, -0.1) is 0 Å². The van der Waals surface area contributed by atoms with Crippen LogP contribution in [0, 0.1) is 11.3 Å². The molecule has 0 unspecified atom stereocenters. The number of rotatable bonds is 5. The minimum absolute atomic E-state index is 0.123. The van der Waals surface area contributed by atoms with Gasteiger partial charge in [-0.05, 0) is 23.8 Å². The van der Waals surface area contributed by atoms with Crippen LogP contribution in [0.15, 0.2) is 54.7 Å². The van der Waals surface area contributed by atoms with E-state index in [-0.39, 0.29) is 12.2 Å². The average molecular weight is 290 g/mol. The van der Waals surface area contributed by atoms with Crippen LogP contribution in [0.2, 0.25) is 0 Å². The average Bonchev–Trinajstić information content (AvgIpc) is 2.97. The van der Waals surface area contributed by atoms with Gasteiger partial charge in [0.15, 0.2) is 5.78 Å². The smallest absolute Gasteiger partial charge is 0.179 e. The molecule has 0 amide bonds. The number of hydrogen-bond acceptors (Lipinski definition) is 3. The van der Waals surface area contributed by atoms with Gasteiger partial charge in [0.25, 0.3) is 0 Å². The highest BCUT2D eigenvalue weighted by atomic mass is 16.5. The van der Waals surface area contributed by atoms with Crippen molar-refractivity contribution < 1.29 is 9.53 Å². The molecule has 2 aromatic carbocycles. The van der Waals surface area contributed by atoms with Crippen LogP contribution < -0.4 is 4.74 Å². The number of Topliss-reactive ketones (excluding diaryl/α,β-unsaturated/α-hetero) is 1. The number of aromatic nitrogens is 1. The Labute approximate surface area is 128 Å². The van der Waals surface area contributed by atoms with Crippen LogP contribution in [0.3, 0.4) is 0 Å². The second-order valence-corrected chi connectivity index (χ2v) is 4.94. The summed E-state index contributed by atoms with van der Waals surface area (Å²) >= 11 is 0. The Balaban J connectivity index is 1.84. The predicted molar refractivity (Wildman–Crippen MR) is 83.6 cm³/mol. The monoisotopic (exact) mass is 290 g/mol. The standard InChI is InChI=1S/C18H14N2O2/c19-9-8-18(21)16-11-20-17-7-6-14(10-15(16)17)22-12-13-4-2-1-3-5-13/h1-7,10-11,20H,8,12H2. The molecule has 1 aromatic heterocycles. The summed E-state index contributed by atoms with van der Waals surface area (Å²) < 4.78 is 5.77. The van der Waals surface area contributed by atoms with Gasteiger partial charge in [0.05, 0.1) is 12.5 Å². The lowest BCUT2D eigenvalue weighted by atomic mass is 10.1. The van der Waals surface area contributed by atoms with E-state index in [2.05, 4.69) is 4.98 Å². The highest BCUT2D eigenvalue weighted by Gasteiger charge is 2.12. The molecule has 0 saturated carbocycles. The molecule has 0 atom stereocenters. The summed E-state index contributed by atoms with van der Waals surface area (Å²) in [4.78, 5) is 15.0. The number of nitriles is 1. The first-order valence-corrected chi connectivity index (χ1v) is 6.96. The van der Waals surface area contributed by atoms with Crippen molar-refractivity contribution in [2.45, 2.75) is 13.0 Å². The largest absolute Gasteiger partial charge is 0.489 e. The van der Waals surface area contributed by atoms with E-state index in [0.717, 1.165) is 16.5 Å². The third kappa shape index (κ3) is 2.84. The molecule has 0 aliphatic carbocycles. The maximum Gasteiger partial charge on any atom is 0.179 e. The Morgan fingerprint density at radius 2 is 2.00 bits per heavy atom. The number of H-pyrrole nitrogens is 1. The van der Waals surface area contributed by atoms with Crippen molar-refractivity contribution in [3.63, 3.8) is 0 Å². The number of benzene rings is 2. The molecule has 3 rings (SSSR count). The molecule has 4 nitrogen and oxygen atoms in total. The highest BCUT2D eigenvalue weighted by molar-refractivity contribution is 6.08. The van der Waals surface area contributed by atoms with Crippen LogP contribution in [0.25, 0.3) is 10.9 Å². The van der Waals surface area contributed by atoms with Gasteiger partial charge in [-0.2, -0.15) is 5.26 Å². The van der Waals surface area contributed by atoms with Crippen LogP contribution >= 0.6 is 0 Å². The SMILES string of the molecule is N#CCC(=O)c1c[nH]c2ccc(OCc3ccccc3)cc12.